The van der Waals surface area contributed by atoms with Gasteiger partial charge in [0, 0.05) is 13.1 Å². The van der Waals surface area contributed by atoms with Crippen molar-refractivity contribution in [1.82, 2.24) is 9.62 Å². The quantitative estimate of drug-likeness (QED) is 0.778. The fourth-order valence-electron chi connectivity index (χ4n) is 1.14. The van der Waals surface area contributed by atoms with Crippen molar-refractivity contribution < 1.29 is 13.5 Å². The Labute approximate surface area is 95.8 Å². The first kappa shape index (κ1) is 13.0. The smallest absolute Gasteiger partial charge is 0.240 e. The van der Waals surface area contributed by atoms with E-state index < -0.39 is 10.0 Å². The number of phenolic OH excluding ortho intramolecular Hbond substituents is 1. The lowest BCUT2D eigenvalue weighted by Crippen LogP contribution is -2.31. The molecule has 16 heavy (non-hydrogen) atoms. The highest BCUT2D eigenvalue weighted by Gasteiger charge is 2.13. The Hall–Kier alpha value is -1.11. The van der Waals surface area contributed by atoms with Gasteiger partial charge in [-0.2, -0.15) is 0 Å². The second-order valence-electron chi connectivity index (χ2n) is 3.70. The second kappa shape index (κ2) is 5.29. The van der Waals surface area contributed by atoms with Crippen LogP contribution < -0.4 is 4.72 Å². The van der Waals surface area contributed by atoms with Crippen LogP contribution in [0, 0.1) is 0 Å². The third kappa shape index (κ3) is 3.80. The molecule has 0 radical (unpaired) electrons. The summed E-state index contributed by atoms with van der Waals surface area (Å²) in [6.45, 7) is 0.961. The number of phenols is 1. The van der Waals surface area contributed by atoms with Gasteiger partial charge in [0.1, 0.15) is 5.75 Å². The monoisotopic (exact) mass is 244 g/mol. The maximum Gasteiger partial charge on any atom is 0.240 e. The normalized spacial score (nSPS) is 11.9. The molecular weight excluding hydrogens is 228 g/mol. The summed E-state index contributed by atoms with van der Waals surface area (Å²) < 4.78 is 25.9. The molecule has 0 aliphatic carbocycles. The van der Waals surface area contributed by atoms with Crippen LogP contribution in [0.4, 0.5) is 0 Å². The number of hydrogen-bond donors (Lipinski definition) is 2. The number of benzene rings is 1. The third-order valence-electron chi connectivity index (χ3n) is 1.98. The van der Waals surface area contributed by atoms with Crippen molar-refractivity contribution in [2.45, 2.75) is 4.90 Å². The van der Waals surface area contributed by atoms with Gasteiger partial charge >= 0.3 is 0 Å². The molecule has 0 saturated carbocycles. The Kier molecular flexibility index (Phi) is 4.28. The lowest BCUT2D eigenvalue weighted by molar-refractivity contribution is 0.412. The average molecular weight is 244 g/mol. The SMILES string of the molecule is CN(C)CCNS(=O)(=O)c1cccc(O)c1. The number of sulfonamides is 1. The first-order chi connectivity index (χ1) is 7.42. The zero-order valence-corrected chi connectivity index (χ0v) is 10.2. The summed E-state index contributed by atoms with van der Waals surface area (Å²) in [5.41, 5.74) is 0. The van der Waals surface area contributed by atoms with Crippen LogP contribution in [0.1, 0.15) is 0 Å². The van der Waals surface area contributed by atoms with Gasteiger partial charge in [-0.3, -0.25) is 0 Å². The number of hydrogen-bond acceptors (Lipinski definition) is 4. The van der Waals surface area contributed by atoms with Crippen LogP contribution in [0.5, 0.6) is 5.75 Å². The molecule has 0 aliphatic heterocycles. The molecule has 0 aliphatic rings. The topological polar surface area (TPSA) is 69.6 Å². The Bertz CT molecular complexity index is 443. The summed E-state index contributed by atoms with van der Waals surface area (Å²) in [4.78, 5) is 1.96. The standard InChI is InChI=1S/C10H16N2O3S/c1-12(2)7-6-11-16(14,15)10-5-3-4-9(13)8-10/h3-5,8,11,13H,6-7H2,1-2H3. The van der Waals surface area contributed by atoms with E-state index in [1.165, 1.54) is 24.3 Å². The van der Waals surface area contributed by atoms with E-state index in [2.05, 4.69) is 4.72 Å². The summed E-state index contributed by atoms with van der Waals surface area (Å²) >= 11 is 0. The number of nitrogens with one attached hydrogen (secondary N) is 1. The lowest BCUT2D eigenvalue weighted by atomic mass is 10.3. The molecule has 0 aromatic heterocycles. The maximum atomic E-state index is 11.7. The molecule has 6 heteroatoms. The summed E-state index contributed by atoms with van der Waals surface area (Å²) in [6, 6.07) is 5.59. The molecule has 0 atom stereocenters. The van der Waals surface area contributed by atoms with Crippen LogP contribution in [-0.4, -0.2) is 45.6 Å². The van der Waals surface area contributed by atoms with Crippen molar-refractivity contribution in [3.63, 3.8) is 0 Å². The second-order valence-corrected chi connectivity index (χ2v) is 5.47. The van der Waals surface area contributed by atoms with Gasteiger partial charge in [-0.25, -0.2) is 13.1 Å². The van der Waals surface area contributed by atoms with E-state index >= 15 is 0 Å². The summed E-state index contributed by atoms with van der Waals surface area (Å²) in [5.74, 6) is -0.0597. The van der Waals surface area contributed by atoms with E-state index in [1.54, 1.807) is 0 Å². The molecule has 90 valence electrons. The van der Waals surface area contributed by atoms with Crippen molar-refractivity contribution >= 4 is 10.0 Å². The van der Waals surface area contributed by atoms with Crippen LogP contribution in [0.25, 0.3) is 0 Å². The molecule has 1 aromatic carbocycles. The molecule has 1 rings (SSSR count). The van der Waals surface area contributed by atoms with E-state index in [9.17, 15) is 13.5 Å². The van der Waals surface area contributed by atoms with Gasteiger partial charge in [0.05, 0.1) is 4.90 Å². The third-order valence-corrected chi connectivity index (χ3v) is 3.44. The molecule has 0 fully saturated rings. The Morgan fingerprint density at radius 1 is 1.38 bits per heavy atom. The predicted octanol–water partition coefficient (Wildman–Crippen LogP) is 0.232. The maximum absolute atomic E-state index is 11.7. The summed E-state index contributed by atoms with van der Waals surface area (Å²) in [5, 5.41) is 9.19. The van der Waals surface area contributed by atoms with E-state index in [1.807, 2.05) is 19.0 Å². The molecular formula is C10H16N2O3S. The highest BCUT2D eigenvalue weighted by Crippen LogP contribution is 2.15. The van der Waals surface area contributed by atoms with Crippen molar-refractivity contribution in [3.05, 3.63) is 24.3 Å². The molecule has 2 N–H and O–H groups in total. The van der Waals surface area contributed by atoms with Crippen LogP contribution >= 0.6 is 0 Å². The minimum absolute atomic E-state index is 0.0597. The Morgan fingerprint density at radius 2 is 2.06 bits per heavy atom. The minimum Gasteiger partial charge on any atom is -0.508 e. The molecule has 0 spiro atoms. The van der Waals surface area contributed by atoms with Crippen molar-refractivity contribution in [3.8, 4) is 5.75 Å². The number of nitrogens with zero attached hydrogens (tertiary/aromatic N) is 1. The van der Waals surface area contributed by atoms with Crippen LogP contribution in [0.2, 0.25) is 0 Å². The Balaban J connectivity index is 2.71. The number of aromatic hydroxyl groups is 1. The van der Waals surface area contributed by atoms with E-state index in [0.717, 1.165) is 0 Å². The minimum atomic E-state index is -3.52. The highest BCUT2D eigenvalue weighted by molar-refractivity contribution is 7.89. The molecule has 0 unspecified atom stereocenters. The first-order valence-corrected chi connectivity index (χ1v) is 6.33. The molecule has 0 amide bonds. The predicted molar refractivity (Wildman–Crippen MR) is 61.8 cm³/mol. The van der Waals surface area contributed by atoms with E-state index in [-0.39, 0.29) is 10.6 Å². The fraction of sp³-hybridized carbons (Fsp3) is 0.400. The molecule has 0 saturated heterocycles. The molecule has 0 heterocycles. The zero-order chi connectivity index (χ0) is 12.2. The van der Waals surface area contributed by atoms with Gasteiger partial charge in [0.2, 0.25) is 10.0 Å². The van der Waals surface area contributed by atoms with E-state index in [0.29, 0.717) is 13.1 Å². The van der Waals surface area contributed by atoms with E-state index in [4.69, 9.17) is 0 Å². The highest BCUT2D eigenvalue weighted by atomic mass is 32.2. The zero-order valence-electron chi connectivity index (χ0n) is 9.34. The van der Waals surface area contributed by atoms with Gasteiger partial charge in [0.25, 0.3) is 0 Å². The van der Waals surface area contributed by atoms with Crippen molar-refractivity contribution in [2.24, 2.45) is 0 Å². The average Bonchev–Trinajstić information content (AvgIpc) is 2.16. The van der Waals surface area contributed by atoms with Gasteiger partial charge in [-0.15, -0.1) is 0 Å². The lowest BCUT2D eigenvalue weighted by Gasteiger charge is -2.10. The Morgan fingerprint density at radius 3 is 2.62 bits per heavy atom. The number of rotatable bonds is 5. The van der Waals surface area contributed by atoms with Crippen LogP contribution in [0.3, 0.4) is 0 Å². The van der Waals surface area contributed by atoms with Gasteiger partial charge in [-0.1, -0.05) is 6.07 Å². The van der Waals surface area contributed by atoms with Gasteiger partial charge in [0.15, 0.2) is 0 Å². The van der Waals surface area contributed by atoms with Crippen LogP contribution in [0.15, 0.2) is 29.2 Å². The van der Waals surface area contributed by atoms with Gasteiger partial charge < -0.3 is 10.0 Å². The summed E-state index contributed by atoms with van der Waals surface area (Å²) in [6.07, 6.45) is 0. The number of likely N-dealkylation sites (N-methyl/N-ethyl adjacent to an activating group) is 1. The first-order valence-electron chi connectivity index (χ1n) is 4.85. The summed E-state index contributed by atoms with van der Waals surface area (Å²) in [7, 11) is 0.212. The molecule has 5 nitrogen and oxygen atoms in total. The van der Waals surface area contributed by atoms with Crippen LogP contribution in [-0.2, 0) is 10.0 Å². The molecule has 0 bridgehead atoms. The van der Waals surface area contributed by atoms with Crippen molar-refractivity contribution in [1.29, 1.82) is 0 Å². The fourth-order valence-corrected chi connectivity index (χ4v) is 2.20. The van der Waals surface area contributed by atoms with Gasteiger partial charge in [-0.05, 0) is 32.3 Å². The van der Waals surface area contributed by atoms with Crippen molar-refractivity contribution in [2.75, 3.05) is 27.2 Å². The largest absolute Gasteiger partial charge is 0.508 e. The molecule has 1 aromatic rings.